The van der Waals surface area contributed by atoms with Crippen LogP contribution in [0.1, 0.15) is 19.3 Å². The first kappa shape index (κ1) is 13.6. The number of para-hydroxylation sites is 1. The minimum atomic E-state index is 0.755. The van der Waals surface area contributed by atoms with E-state index in [-0.39, 0.29) is 0 Å². The van der Waals surface area contributed by atoms with Gasteiger partial charge in [-0.05, 0) is 43.3 Å². The fourth-order valence-electron chi connectivity index (χ4n) is 2.38. The van der Waals surface area contributed by atoms with Gasteiger partial charge in [-0.15, -0.1) is 15.0 Å². The van der Waals surface area contributed by atoms with Crippen LogP contribution in [0.3, 0.4) is 0 Å². The second-order valence-electron chi connectivity index (χ2n) is 4.95. The number of tetrazole rings is 1. The van der Waals surface area contributed by atoms with Gasteiger partial charge < -0.3 is 4.90 Å². The smallest absolute Gasteiger partial charge is 0.231 e. The number of hydrogen-bond acceptors (Lipinski definition) is 5. The summed E-state index contributed by atoms with van der Waals surface area (Å²) in [6, 6.07) is 9.88. The third-order valence-corrected chi connectivity index (χ3v) is 4.28. The molecule has 1 saturated heterocycles. The topological polar surface area (TPSA) is 46.8 Å². The maximum Gasteiger partial charge on any atom is 0.231 e. The summed E-state index contributed by atoms with van der Waals surface area (Å²) in [6.07, 6.45) is 4.07. The molecule has 6 heteroatoms. The van der Waals surface area contributed by atoms with Gasteiger partial charge in [0.15, 0.2) is 0 Å². The number of hydrogen-bond donors (Lipinski definition) is 0. The number of thioether (sulfide) groups is 1. The molecule has 1 aromatic heterocycles. The van der Waals surface area contributed by atoms with Crippen molar-refractivity contribution in [3.8, 4) is 5.69 Å². The van der Waals surface area contributed by atoms with Crippen LogP contribution >= 0.6 is 11.8 Å². The minimum absolute atomic E-state index is 0.755. The average molecular weight is 289 g/mol. The monoisotopic (exact) mass is 289 g/mol. The highest BCUT2D eigenvalue weighted by atomic mass is 32.2. The molecule has 1 fully saturated rings. The first-order chi connectivity index (χ1) is 9.92. The Hall–Kier alpha value is -1.40. The first-order valence-electron chi connectivity index (χ1n) is 7.12. The van der Waals surface area contributed by atoms with E-state index in [0.29, 0.717) is 0 Å². The van der Waals surface area contributed by atoms with E-state index in [0.717, 1.165) is 23.1 Å². The van der Waals surface area contributed by atoms with Gasteiger partial charge in [0.05, 0.1) is 5.69 Å². The lowest BCUT2D eigenvalue weighted by Crippen LogP contribution is -2.31. The molecule has 0 saturated carbocycles. The van der Waals surface area contributed by atoms with E-state index >= 15 is 0 Å². The summed E-state index contributed by atoms with van der Waals surface area (Å²) in [6.45, 7) is 3.60. The molecule has 0 spiro atoms. The van der Waals surface area contributed by atoms with Gasteiger partial charge in [-0.1, -0.05) is 36.4 Å². The zero-order valence-electron chi connectivity index (χ0n) is 11.5. The third kappa shape index (κ3) is 3.58. The maximum absolute atomic E-state index is 4.40. The summed E-state index contributed by atoms with van der Waals surface area (Å²) in [5, 5.41) is 13.4. The Morgan fingerprint density at radius 2 is 1.85 bits per heavy atom. The van der Waals surface area contributed by atoms with Crippen LogP contribution in [0.25, 0.3) is 5.69 Å². The van der Waals surface area contributed by atoms with Crippen LogP contribution in [0.15, 0.2) is 35.5 Å². The van der Waals surface area contributed by atoms with Crippen molar-refractivity contribution in [1.29, 1.82) is 0 Å². The van der Waals surface area contributed by atoms with Crippen molar-refractivity contribution in [2.24, 2.45) is 0 Å². The number of piperidine rings is 1. The average Bonchev–Trinajstić information content (AvgIpc) is 2.98. The van der Waals surface area contributed by atoms with Crippen LogP contribution in [-0.2, 0) is 0 Å². The molecule has 0 N–H and O–H groups in total. The predicted octanol–water partition coefficient (Wildman–Crippen LogP) is 2.24. The summed E-state index contributed by atoms with van der Waals surface area (Å²) < 4.78 is 0. The van der Waals surface area contributed by atoms with Crippen molar-refractivity contribution in [1.82, 2.24) is 25.1 Å². The third-order valence-electron chi connectivity index (χ3n) is 3.47. The molecule has 5 nitrogen and oxygen atoms in total. The molecule has 0 atom stereocenters. The first-order valence-corrected chi connectivity index (χ1v) is 8.11. The predicted molar refractivity (Wildman–Crippen MR) is 80.2 cm³/mol. The number of benzene rings is 1. The van der Waals surface area contributed by atoms with Gasteiger partial charge in [-0.3, -0.25) is 0 Å². The van der Waals surface area contributed by atoms with Gasteiger partial charge in [0.1, 0.15) is 0 Å². The number of likely N-dealkylation sites (tertiary alicyclic amines) is 1. The second-order valence-corrected chi connectivity index (χ2v) is 6.01. The fourth-order valence-corrected chi connectivity index (χ4v) is 3.14. The van der Waals surface area contributed by atoms with Crippen molar-refractivity contribution in [2.75, 3.05) is 25.4 Å². The summed E-state index contributed by atoms with van der Waals surface area (Å²) in [5.41, 5.74) is 0.947. The standard InChI is InChI=1S/C14H19N5S/c1-3-7-13(8-4-1)19-16-14(15-17-19)20-12-11-18-9-5-2-6-10-18/h1,3-4,7-8H,2,5-6,9-12H2. The van der Waals surface area contributed by atoms with E-state index in [1.807, 2.05) is 30.3 Å². The molecular weight excluding hydrogens is 270 g/mol. The van der Waals surface area contributed by atoms with Gasteiger partial charge in [-0.25, -0.2) is 0 Å². The Bertz CT molecular complexity index is 521. The highest BCUT2D eigenvalue weighted by molar-refractivity contribution is 7.99. The molecule has 2 heterocycles. The maximum atomic E-state index is 4.40. The van der Waals surface area contributed by atoms with Crippen LogP contribution in [0, 0.1) is 0 Å². The van der Waals surface area contributed by atoms with E-state index in [4.69, 9.17) is 0 Å². The van der Waals surface area contributed by atoms with E-state index in [1.165, 1.54) is 32.4 Å². The zero-order chi connectivity index (χ0) is 13.6. The van der Waals surface area contributed by atoms with Gasteiger partial charge in [0.25, 0.3) is 0 Å². The highest BCUT2D eigenvalue weighted by Crippen LogP contribution is 2.14. The zero-order valence-corrected chi connectivity index (χ0v) is 12.3. The Kier molecular flexibility index (Phi) is 4.65. The number of aromatic nitrogens is 4. The molecule has 106 valence electrons. The molecule has 0 bridgehead atoms. The molecule has 0 aliphatic carbocycles. The molecule has 0 unspecified atom stereocenters. The van der Waals surface area contributed by atoms with E-state index < -0.39 is 0 Å². The van der Waals surface area contributed by atoms with Crippen LogP contribution in [0.2, 0.25) is 0 Å². The molecule has 1 aliphatic rings. The van der Waals surface area contributed by atoms with E-state index in [1.54, 1.807) is 16.6 Å². The van der Waals surface area contributed by atoms with Gasteiger partial charge in [-0.2, -0.15) is 0 Å². The van der Waals surface area contributed by atoms with Crippen molar-refractivity contribution in [2.45, 2.75) is 24.4 Å². The van der Waals surface area contributed by atoms with Crippen LogP contribution in [0.4, 0.5) is 0 Å². The van der Waals surface area contributed by atoms with E-state index in [9.17, 15) is 0 Å². The van der Waals surface area contributed by atoms with Gasteiger partial charge >= 0.3 is 0 Å². The number of nitrogens with zero attached hydrogens (tertiary/aromatic N) is 5. The summed E-state index contributed by atoms with van der Waals surface area (Å²) in [5.74, 6) is 1.03. The second kappa shape index (κ2) is 6.85. The Balaban J connectivity index is 1.50. The van der Waals surface area contributed by atoms with Gasteiger partial charge in [0, 0.05) is 12.3 Å². The Morgan fingerprint density at radius 1 is 1.05 bits per heavy atom. The molecule has 20 heavy (non-hydrogen) atoms. The SMILES string of the molecule is c1ccc(-n2nnc(SCCN3CCCCC3)n2)cc1. The van der Waals surface area contributed by atoms with Crippen molar-refractivity contribution >= 4 is 11.8 Å². The fraction of sp³-hybridized carbons (Fsp3) is 0.500. The van der Waals surface area contributed by atoms with Crippen LogP contribution in [-0.4, -0.2) is 50.5 Å². The lowest BCUT2D eigenvalue weighted by molar-refractivity contribution is 0.242. The Labute approximate surface area is 123 Å². The van der Waals surface area contributed by atoms with Crippen molar-refractivity contribution < 1.29 is 0 Å². The molecule has 1 aliphatic heterocycles. The summed E-state index contributed by atoms with van der Waals surface area (Å²) >= 11 is 1.68. The van der Waals surface area contributed by atoms with E-state index in [2.05, 4.69) is 20.3 Å². The largest absolute Gasteiger partial charge is 0.303 e. The van der Waals surface area contributed by atoms with Crippen LogP contribution in [0.5, 0.6) is 0 Å². The molecule has 0 amide bonds. The Morgan fingerprint density at radius 3 is 2.65 bits per heavy atom. The van der Waals surface area contributed by atoms with Crippen molar-refractivity contribution in [3.05, 3.63) is 30.3 Å². The summed E-state index contributed by atoms with van der Waals surface area (Å²) in [7, 11) is 0. The quantitative estimate of drug-likeness (QED) is 0.790. The lowest BCUT2D eigenvalue weighted by Gasteiger charge is -2.25. The number of rotatable bonds is 5. The van der Waals surface area contributed by atoms with Crippen molar-refractivity contribution in [3.63, 3.8) is 0 Å². The molecule has 0 radical (unpaired) electrons. The van der Waals surface area contributed by atoms with Crippen LogP contribution < -0.4 is 0 Å². The highest BCUT2D eigenvalue weighted by Gasteiger charge is 2.10. The lowest BCUT2D eigenvalue weighted by atomic mass is 10.1. The summed E-state index contributed by atoms with van der Waals surface area (Å²) in [4.78, 5) is 4.11. The molecule has 2 aromatic rings. The minimum Gasteiger partial charge on any atom is -0.303 e. The molecule has 3 rings (SSSR count). The van der Waals surface area contributed by atoms with Gasteiger partial charge in [0.2, 0.25) is 5.16 Å². The normalized spacial score (nSPS) is 16.4. The molecular formula is C14H19N5S. The molecule has 1 aromatic carbocycles.